The maximum atomic E-state index is 13.1. The highest BCUT2D eigenvalue weighted by Gasteiger charge is 2.40. The number of amides is 1. The Morgan fingerprint density at radius 2 is 2.00 bits per heavy atom. The highest BCUT2D eigenvalue weighted by molar-refractivity contribution is 7.14. The first-order valence-corrected chi connectivity index (χ1v) is 10.7. The zero-order valence-electron chi connectivity index (χ0n) is 17.0. The van der Waals surface area contributed by atoms with Crippen LogP contribution in [0, 0.1) is 5.82 Å². The van der Waals surface area contributed by atoms with E-state index in [9.17, 15) is 19.1 Å². The first-order valence-electron chi connectivity index (χ1n) is 9.90. The van der Waals surface area contributed by atoms with Crippen LogP contribution in [0.2, 0.25) is 0 Å². The van der Waals surface area contributed by atoms with E-state index in [1.165, 1.54) is 29.7 Å². The van der Waals surface area contributed by atoms with E-state index in [2.05, 4.69) is 10.2 Å². The van der Waals surface area contributed by atoms with Crippen LogP contribution >= 0.6 is 23.7 Å². The van der Waals surface area contributed by atoms with Crippen molar-refractivity contribution < 1.29 is 19.0 Å². The Labute approximate surface area is 192 Å². The van der Waals surface area contributed by atoms with Crippen LogP contribution in [0.25, 0.3) is 10.6 Å². The third-order valence-corrected chi connectivity index (χ3v) is 6.60. The average molecular weight is 479 g/mol. The number of hydrogen-bond donors (Lipinski definition) is 1. The van der Waals surface area contributed by atoms with Gasteiger partial charge in [0.15, 0.2) is 22.7 Å². The molecule has 1 aromatic carbocycles. The lowest BCUT2D eigenvalue weighted by molar-refractivity contribution is -0.112. The zero-order chi connectivity index (χ0) is 21.7. The average Bonchev–Trinajstić information content (AvgIpc) is 3.20. The highest BCUT2D eigenvalue weighted by atomic mass is 35.5. The van der Waals surface area contributed by atoms with Crippen molar-refractivity contribution >= 4 is 29.7 Å². The molecule has 1 fully saturated rings. The van der Waals surface area contributed by atoms with Crippen molar-refractivity contribution in [3.8, 4) is 16.3 Å². The van der Waals surface area contributed by atoms with Crippen LogP contribution in [0.1, 0.15) is 34.4 Å². The molecule has 0 radical (unpaired) electrons. The predicted octanol–water partition coefficient (Wildman–Crippen LogP) is 2.81. The fraction of sp³-hybridized carbons (Fsp3) is 0.333. The Bertz CT molecular complexity index is 1230. The van der Waals surface area contributed by atoms with E-state index in [-0.39, 0.29) is 35.5 Å². The van der Waals surface area contributed by atoms with Crippen molar-refractivity contribution in [3.05, 3.63) is 62.8 Å². The molecule has 5 rings (SSSR count). The molecule has 0 saturated carbocycles. The fourth-order valence-corrected chi connectivity index (χ4v) is 4.90. The summed E-state index contributed by atoms with van der Waals surface area (Å²) in [5.41, 5.74) is 0.351. The Morgan fingerprint density at radius 3 is 2.75 bits per heavy atom. The maximum Gasteiger partial charge on any atom is 0.276 e. The van der Waals surface area contributed by atoms with E-state index in [4.69, 9.17) is 4.74 Å². The Hall–Kier alpha value is -2.82. The van der Waals surface area contributed by atoms with Crippen molar-refractivity contribution in [2.75, 3.05) is 6.61 Å². The largest absolute Gasteiger partial charge is 0.503 e. The molecule has 11 heteroatoms. The number of carbonyl (C=O) groups excluding carboxylic acids is 1. The quantitative estimate of drug-likeness (QED) is 0.621. The van der Waals surface area contributed by atoms with E-state index in [1.807, 2.05) is 6.92 Å². The first kappa shape index (κ1) is 22.4. The molecule has 0 aliphatic carbocycles. The van der Waals surface area contributed by atoms with Gasteiger partial charge in [-0.3, -0.25) is 9.59 Å². The summed E-state index contributed by atoms with van der Waals surface area (Å²) in [6.45, 7) is 2.79. The van der Waals surface area contributed by atoms with Gasteiger partial charge in [-0.1, -0.05) is 23.5 Å². The van der Waals surface area contributed by atoms with Gasteiger partial charge in [0.2, 0.25) is 5.43 Å². The third kappa shape index (κ3) is 3.78. The van der Waals surface area contributed by atoms with Gasteiger partial charge in [-0.05, 0) is 31.0 Å². The van der Waals surface area contributed by atoms with Gasteiger partial charge in [0, 0.05) is 18.7 Å². The normalized spacial score (nSPS) is 19.8. The van der Waals surface area contributed by atoms with E-state index >= 15 is 0 Å². The molecule has 1 amide bonds. The standard InChI is InChI=1S/C21H19FN4O4S.ClH/c1-11-6-7-30-16-10-25-9-14(18(27)19(28)17(25)21(29)26(11)16)20-24-23-15(31-20)8-12-2-4-13(22)5-3-12;/h2-5,9,11,16,28H,6-8,10H2,1H3;1H/t11-,16+;/m1./s1. The van der Waals surface area contributed by atoms with Gasteiger partial charge >= 0.3 is 0 Å². The minimum atomic E-state index is -0.659. The summed E-state index contributed by atoms with van der Waals surface area (Å²) >= 11 is 1.22. The third-order valence-electron chi connectivity index (χ3n) is 5.64. The number of halogens is 2. The van der Waals surface area contributed by atoms with Crippen LogP contribution in [0.3, 0.4) is 0 Å². The molecule has 2 atom stereocenters. The molecule has 0 unspecified atom stereocenters. The molecule has 32 heavy (non-hydrogen) atoms. The second kappa shape index (κ2) is 8.61. The van der Waals surface area contributed by atoms with Crippen LogP contribution in [0.15, 0.2) is 35.3 Å². The zero-order valence-corrected chi connectivity index (χ0v) is 18.7. The summed E-state index contributed by atoms with van der Waals surface area (Å²) < 4.78 is 20.4. The van der Waals surface area contributed by atoms with Crippen molar-refractivity contribution in [2.45, 2.75) is 38.6 Å². The number of carbonyl (C=O) groups is 1. The second-order valence-corrected chi connectivity index (χ2v) is 8.76. The van der Waals surface area contributed by atoms with Gasteiger partial charge in [0.05, 0.1) is 18.7 Å². The molecule has 1 N–H and O–H groups in total. The molecule has 2 aromatic heterocycles. The number of pyridine rings is 1. The van der Waals surface area contributed by atoms with E-state index in [0.29, 0.717) is 36.0 Å². The fourth-order valence-electron chi connectivity index (χ4n) is 4.02. The molecule has 8 nitrogen and oxygen atoms in total. The summed E-state index contributed by atoms with van der Waals surface area (Å²) in [5, 5.41) is 19.8. The van der Waals surface area contributed by atoms with Crippen LogP contribution in [0.4, 0.5) is 4.39 Å². The number of nitrogens with zero attached hydrogens (tertiary/aromatic N) is 4. The van der Waals surface area contributed by atoms with Crippen LogP contribution in [-0.2, 0) is 17.7 Å². The van der Waals surface area contributed by atoms with Gasteiger partial charge in [-0.2, -0.15) is 0 Å². The highest BCUT2D eigenvalue weighted by Crippen LogP contribution is 2.31. The van der Waals surface area contributed by atoms with Crippen LogP contribution in [0.5, 0.6) is 5.75 Å². The number of ether oxygens (including phenoxy) is 1. The van der Waals surface area contributed by atoms with Crippen molar-refractivity contribution in [3.63, 3.8) is 0 Å². The lowest BCUT2D eigenvalue weighted by Crippen LogP contribution is -2.56. The predicted molar refractivity (Wildman–Crippen MR) is 118 cm³/mol. The van der Waals surface area contributed by atoms with Gasteiger partial charge in [-0.15, -0.1) is 22.6 Å². The minimum absolute atomic E-state index is 0. The molecular weight excluding hydrogens is 459 g/mol. The Balaban J connectivity index is 0.00000245. The molecule has 2 aliphatic rings. The van der Waals surface area contributed by atoms with E-state index < -0.39 is 23.3 Å². The molecule has 3 aromatic rings. The van der Waals surface area contributed by atoms with E-state index in [0.717, 1.165) is 5.56 Å². The SMILES string of the molecule is C[C@@H]1CCO[C@H]2Cn3cc(-c4nnc(Cc5ccc(F)cc5)s4)c(=O)c(O)c3C(=O)N12.Cl. The summed E-state index contributed by atoms with van der Waals surface area (Å²) in [6, 6.07) is 6.04. The van der Waals surface area contributed by atoms with Crippen molar-refractivity contribution in [1.82, 2.24) is 19.7 Å². The monoisotopic (exact) mass is 478 g/mol. The minimum Gasteiger partial charge on any atom is -0.503 e. The number of aromatic nitrogens is 3. The lowest BCUT2D eigenvalue weighted by atomic mass is 10.1. The Kier molecular flexibility index (Phi) is 6.02. The van der Waals surface area contributed by atoms with Gasteiger partial charge < -0.3 is 19.3 Å². The smallest absolute Gasteiger partial charge is 0.276 e. The molecular formula is C21H20ClFN4O4S. The van der Waals surface area contributed by atoms with Crippen molar-refractivity contribution in [2.24, 2.45) is 0 Å². The summed E-state index contributed by atoms with van der Waals surface area (Å²) in [5.74, 6) is -1.32. The number of hydrogen-bond acceptors (Lipinski definition) is 7. The van der Waals surface area contributed by atoms with Crippen LogP contribution < -0.4 is 5.43 Å². The van der Waals surface area contributed by atoms with Gasteiger partial charge in [-0.25, -0.2) is 4.39 Å². The molecule has 0 bridgehead atoms. The topological polar surface area (TPSA) is 97.5 Å². The number of aromatic hydroxyl groups is 1. The summed E-state index contributed by atoms with van der Waals surface area (Å²) in [6.07, 6.45) is 2.24. The van der Waals surface area contributed by atoms with Crippen molar-refractivity contribution in [1.29, 1.82) is 0 Å². The molecule has 168 valence electrons. The summed E-state index contributed by atoms with van der Waals surface area (Å²) in [4.78, 5) is 27.4. The van der Waals surface area contributed by atoms with Crippen LogP contribution in [-0.4, -0.2) is 49.6 Å². The van der Waals surface area contributed by atoms with Gasteiger partial charge in [0.25, 0.3) is 5.91 Å². The second-order valence-electron chi connectivity index (χ2n) is 7.70. The first-order chi connectivity index (χ1) is 14.9. The number of fused-ring (bicyclic) bond motifs is 2. The lowest BCUT2D eigenvalue weighted by Gasteiger charge is -2.44. The van der Waals surface area contributed by atoms with Gasteiger partial charge in [0.1, 0.15) is 10.8 Å². The summed E-state index contributed by atoms with van der Waals surface area (Å²) in [7, 11) is 0. The number of benzene rings is 1. The maximum absolute atomic E-state index is 13.1. The number of rotatable bonds is 3. The molecule has 2 aliphatic heterocycles. The molecule has 1 saturated heterocycles. The molecule has 0 spiro atoms. The molecule has 4 heterocycles. The Morgan fingerprint density at radius 1 is 1.25 bits per heavy atom. The van der Waals surface area contributed by atoms with E-state index in [1.54, 1.807) is 21.6 Å².